The number of carbonyl (C=O) groups excluding carboxylic acids is 1. The van der Waals surface area contributed by atoms with Gasteiger partial charge in [-0.3, -0.25) is 9.69 Å². The molecular weight excluding hydrogens is 339 g/mol. The average molecular weight is 355 g/mol. The SMILES string of the molecule is CC(=O)N1CCN(Cc2nnc(-c3ccc(Cl)cc3Cl)o2)CC1. The first kappa shape index (κ1) is 16.2. The number of carbonyl (C=O) groups is 1. The number of rotatable bonds is 3. The Morgan fingerprint density at radius 3 is 2.61 bits per heavy atom. The molecule has 8 heteroatoms. The normalized spacial score (nSPS) is 15.9. The second kappa shape index (κ2) is 6.86. The lowest BCUT2D eigenvalue weighted by atomic mass is 10.2. The van der Waals surface area contributed by atoms with Crippen LogP contribution in [-0.2, 0) is 11.3 Å². The highest BCUT2D eigenvalue weighted by atomic mass is 35.5. The van der Waals surface area contributed by atoms with Crippen molar-refractivity contribution >= 4 is 29.1 Å². The van der Waals surface area contributed by atoms with Crippen molar-refractivity contribution in [2.24, 2.45) is 0 Å². The zero-order valence-corrected chi connectivity index (χ0v) is 14.1. The van der Waals surface area contributed by atoms with Crippen molar-refractivity contribution < 1.29 is 9.21 Å². The highest BCUT2D eigenvalue weighted by molar-refractivity contribution is 6.36. The molecule has 0 unspecified atom stereocenters. The summed E-state index contributed by atoms with van der Waals surface area (Å²) in [7, 11) is 0. The van der Waals surface area contributed by atoms with Crippen molar-refractivity contribution in [3.05, 3.63) is 34.1 Å². The lowest BCUT2D eigenvalue weighted by molar-refractivity contribution is -0.130. The lowest BCUT2D eigenvalue weighted by Gasteiger charge is -2.33. The largest absolute Gasteiger partial charge is 0.419 e. The molecule has 2 aromatic rings. The van der Waals surface area contributed by atoms with Gasteiger partial charge >= 0.3 is 0 Å². The lowest BCUT2D eigenvalue weighted by Crippen LogP contribution is -2.47. The summed E-state index contributed by atoms with van der Waals surface area (Å²) >= 11 is 12.0. The summed E-state index contributed by atoms with van der Waals surface area (Å²) < 4.78 is 5.70. The molecule has 0 bridgehead atoms. The van der Waals surface area contributed by atoms with E-state index in [9.17, 15) is 4.79 Å². The molecule has 1 saturated heterocycles. The van der Waals surface area contributed by atoms with Crippen molar-refractivity contribution in [1.29, 1.82) is 0 Å². The standard InChI is InChI=1S/C15H16Cl2N4O2/c1-10(22)21-6-4-20(5-7-21)9-14-18-19-15(23-14)12-3-2-11(16)8-13(12)17/h2-3,8H,4-7,9H2,1H3. The van der Waals surface area contributed by atoms with E-state index in [0.717, 1.165) is 26.2 Å². The van der Waals surface area contributed by atoms with Gasteiger partial charge < -0.3 is 9.32 Å². The third-order valence-corrected chi connectivity index (χ3v) is 4.35. The van der Waals surface area contributed by atoms with Gasteiger partial charge in [0.2, 0.25) is 17.7 Å². The maximum atomic E-state index is 11.3. The summed E-state index contributed by atoms with van der Waals surface area (Å²) in [6, 6.07) is 5.13. The van der Waals surface area contributed by atoms with Crippen LogP contribution in [0.2, 0.25) is 10.0 Å². The van der Waals surface area contributed by atoms with Crippen LogP contribution >= 0.6 is 23.2 Å². The second-order valence-corrected chi connectivity index (χ2v) is 6.25. The van der Waals surface area contributed by atoms with Crippen LogP contribution in [0.25, 0.3) is 11.5 Å². The Kier molecular flexibility index (Phi) is 4.84. The summed E-state index contributed by atoms with van der Waals surface area (Å²) in [6.07, 6.45) is 0. The van der Waals surface area contributed by atoms with Crippen LogP contribution in [0.5, 0.6) is 0 Å². The van der Waals surface area contributed by atoms with Gasteiger partial charge in [0.1, 0.15) is 0 Å². The number of piperazine rings is 1. The van der Waals surface area contributed by atoms with E-state index in [1.807, 2.05) is 4.90 Å². The molecule has 3 rings (SSSR count). The predicted molar refractivity (Wildman–Crippen MR) is 87.3 cm³/mol. The van der Waals surface area contributed by atoms with Crippen molar-refractivity contribution in [2.45, 2.75) is 13.5 Å². The number of aromatic nitrogens is 2. The quantitative estimate of drug-likeness (QED) is 0.847. The molecular formula is C15H16Cl2N4O2. The number of hydrogen-bond donors (Lipinski definition) is 0. The number of hydrogen-bond acceptors (Lipinski definition) is 5. The van der Waals surface area contributed by atoms with Crippen LogP contribution in [0.4, 0.5) is 0 Å². The maximum absolute atomic E-state index is 11.3. The molecule has 0 atom stereocenters. The van der Waals surface area contributed by atoms with Gasteiger partial charge in [0, 0.05) is 38.1 Å². The topological polar surface area (TPSA) is 62.5 Å². The molecule has 0 radical (unpaired) electrons. The van der Waals surface area contributed by atoms with E-state index in [0.29, 0.717) is 33.9 Å². The Bertz CT molecular complexity index is 711. The molecule has 1 fully saturated rings. The van der Waals surface area contributed by atoms with E-state index in [-0.39, 0.29) is 5.91 Å². The van der Waals surface area contributed by atoms with E-state index in [2.05, 4.69) is 15.1 Å². The summed E-state index contributed by atoms with van der Waals surface area (Å²) in [5.74, 6) is 1.02. The molecule has 0 saturated carbocycles. The Labute approximate surface area is 144 Å². The average Bonchev–Trinajstić information content (AvgIpc) is 2.96. The highest BCUT2D eigenvalue weighted by Gasteiger charge is 2.21. The predicted octanol–water partition coefficient (Wildman–Crippen LogP) is 2.71. The Morgan fingerprint density at radius 1 is 1.22 bits per heavy atom. The molecule has 1 aliphatic heterocycles. The smallest absolute Gasteiger partial charge is 0.249 e. The maximum Gasteiger partial charge on any atom is 0.249 e. The van der Waals surface area contributed by atoms with Crippen molar-refractivity contribution in [3.63, 3.8) is 0 Å². The summed E-state index contributed by atoms with van der Waals surface area (Å²) in [5, 5.41) is 9.16. The van der Waals surface area contributed by atoms with E-state index in [1.165, 1.54) is 0 Å². The number of amides is 1. The molecule has 1 amide bonds. The fraction of sp³-hybridized carbons (Fsp3) is 0.400. The van der Waals surface area contributed by atoms with Crippen molar-refractivity contribution in [2.75, 3.05) is 26.2 Å². The molecule has 1 aliphatic rings. The summed E-state index contributed by atoms with van der Waals surface area (Å²) in [6.45, 7) is 5.18. The Balaban J connectivity index is 1.65. The number of benzene rings is 1. The zero-order chi connectivity index (χ0) is 16.4. The van der Waals surface area contributed by atoms with Crippen LogP contribution in [0.1, 0.15) is 12.8 Å². The Morgan fingerprint density at radius 2 is 1.96 bits per heavy atom. The number of nitrogens with zero attached hydrogens (tertiary/aromatic N) is 4. The van der Waals surface area contributed by atoms with Crippen LogP contribution in [0.3, 0.4) is 0 Å². The van der Waals surface area contributed by atoms with Gasteiger partial charge in [-0.2, -0.15) is 0 Å². The minimum Gasteiger partial charge on any atom is -0.419 e. The molecule has 2 heterocycles. The van der Waals surface area contributed by atoms with E-state index in [4.69, 9.17) is 27.6 Å². The molecule has 1 aromatic carbocycles. The zero-order valence-electron chi connectivity index (χ0n) is 12.6. The third-order valence-electron chi connectivity index (χ3n) is 3.80. The fourth-order valence-electron chi connectivity index (χ4n) is 2.50. The summed E-state index contributed by atoms with van der Waals surface area (Å²) in [5.41, 5.74) is 0.663. The first-order valence-corrected chi connectivity index (χ1v) is 8.04. The van der Waals surface area contributed by atoms with Crippen LogP contribution < -0.4 is 0 Å². The minimum atomic E-state index is 0.113. The molecule has 23 heavy (non-hydrogen) atoms. The molecule has 122 valence electrons. The van der Waals surface area contributed by atoms with Gasteiger partial charge in [-0.25, -0.2) is 0 Å². The first-order chi connectivity index (χ1) is 11.0. The van der Waals surface area contributed by atoms with Crippen LogP contribution in [-0.4, -0.2) is 52.1 Å². The van der Waals surface area contributed by atoms with Gasteiger partial charge in [0.25, 0.3) is 0 Å². The molecule has 6 nitrogen and oxygen atoms in total. The summed E-state index contributed by atoms with van der Waals surface area (Å²) in [4.78, 5) is 15.3. The van der Waals surface area contributed by atoms with Gasteiger partial charge in [-0.05, 0) is 18.2 Å². The second-order valence-electron chi connectivity index (χ2n) is 5.41. The fourth-order valence-corrected chi connectivity index (χ4v) is 2.99. The van der Waals surface area contributed by atoms with Gasteiger partial charge in [-0.15, -0.1) is 10.2 Å². The highest BCUT2D eigenvalue weighted by Crippen LogP contribution is 2.29. The number of halogens is 2. The van der Waals surface area contributed by atoms with Gasteiger partial charge in [-0.1, -0.05) is 23.2 Å². The minimum absolute atomic E-state index is 0.113. The van der Waals surface area contributed by atoms with E-state index in [1.54, 1.807) is 25.1 Å². The van der Waals surface area contributed by atoms with Crippen LogP contribution in [0.15, 0.2) is 22.6 Å². The van der Waals surface area contributed by atoms with Gasteiger partial charge in [0.15, 0.2) is 0 Å². The molecule has 0 spiro atoms. The van der Waals surface area contributed by atoms with Crippen molar-refractivity contribution in [1.82, 2.24) is 20.0 Å². The van der Waals surface area contributed by atoms with E-state index < -0.39 is 0 Å². The molecule has 0 aliphatic carbocycles. The Hall–Kier alpha value is -1.63. The molecule has 0 N–H and O–H groups in total. The third kappa shape index (κ3) is 3.83. The van der Waals surface area contributed by atoms with Gasteiger partial charge in [0.05, 0.1) is 17.1 Å². The van der Waals surface area contributed by atoms with E-state index >= 15 is 0 Å². The van der Waals surface area contributed by atoms with Crippen molar-refractivity contribution in [3.8, 4) is 11.5 Å². The first-order valence-electron chi connectivity index (χ1n) is 7.28. The van der Waals surface area contributed by atoms with Crippen LogP contribution in [0, 0.1) is 0 Å². The monoisotopic (exact) mass is 354 g/mol. The molecule has 1 aromatic heterocycles.